The average Bonchev–Trinajstić information content (AvgIpc) is 2.71. The molecule has 1 heterocycles. The number of amides is 2. The molecule has 1 fully saturated rings. The fourth-order valence-electron chi connectivity index (χ4n) is 1.57. The van der Waals surface area contributed by atoms with Crippen LogP contribution in [0.3, 0.4) is 0 Å². The minimum absolute atomic E-state index is 0.0653. The molecule has 1 aliphatic heterocycles. The minimum Gasteiger partial charge on any atom is -0.481 e. The van der Waals surface area contributed by atoms with E-state index in [9.17, 15) is 18.0 Å². The number of carboxylic acids is 1. The monoisotopic (exact) mass is 295 g/mol. The lowest BCUT2D eigenvalue weighted by Crippen LogP contribution is -2.48. The highest BCUT2D eigenvalue weighted by molar-refractivity contribution is 7.88. The van der Waals surface area contributed by atoms with Crippen LogP contribution in [0.15, 0.2) is 0 Å². The Labute approximate surface area is 110 Å². The summed E-state index contributed by atoms with van der Waals surface area (Å²) in [4.78, 5) is 22.3. The third-order valence-corrected chi connectivity index (χ3v) is 3.22. The van der Waals surface area contributed by atoms with Crippen molar-refractivity contribution in [3.05, 3.63) is 0 Å². The highest BCUT2D eigenvalue weighted by atomic mass is 32.2. The molecule has 1 saturated heterocycles. The molecule has 1 rings (SSSR count). The van der Waals surface area contributed by atoms with E-state index in [1.165, 1.54) is 0 Å². The van der Waals surface area contributed by atoms with Crippen LogP contribution in [0.25, 0.3) is 0 Å². The summed E-state index contributed by atoms with van der Waals surface area (Å²) in [6, 6.07) is -1.14. The molecule has 4 N–H and O–H groups in total. The van der Waals surface area contributed by atoms with Crippen LogP contribution in [-0.4, -0.2) is 64.1 Å². The molecule has 2 amide bonds. The minimum atomic E-state index is -3.28. The van der Waals surface area contributed by atoms with Gasteiger partial charge in [-0.2, -0.15) is 0 Å². The molecule has 10 heteroatoms. The lowest BCUT2D eigenvalue weighted by Gasteiger charge is -2.16. The Bertz CT molecular complexity index is 437. The first-order chi connectivity index (χ1) is 8.79. The summed E-state index contributed by atoms with van der Waals surface area (Å²) in [6.07, 6.45) is 1.01. The third kappa shape index (κ3) is 5.85. The molecule has 2 atom stereocenters. The number of sulfonamides is 1. The van der Waals surface area contributed by atoms with Gasteiger partial charge < -0.3 is 20.5 Å². The van der Waals surface area contributed by atoms with Gasteiger partial charge in [0, 0.05) is 13.1 Å². The number of rotatable bonds is 6. The fraction of sp³-hybridized carbons (Fsp3) is 0.778. The van der Waals surface area contributed by atoms with Gasteiger partial charge in [0.1, 0.15) is 5.92 Å². The molecule has 1 aliphatic rings. The van der Waals surface area contributed by atoms with Crippen molar-refractivity contribution < 1.29 is 27.9 Å². The van der Waals surface area contributed by atoms with Crippen LogP contribution < -0.4 is 15.4 Å². The van der Waals surface area contributed by atoms with Gasteiger partial charge in [-0.15, -0.1) is 0 Å². The van der Waals surface area contributed by atoms with Crippen LogP contribution in [0.1, 0.15) is 0 Å². The van der Waals surface area contributed by atoms with E-state index >= 15 is 0 Å². The SMILES string of the molecule is CS(=O)(=O)NCCNC(=O)NC1COCC1C(=O)O. The average molecular weight is 295 g/mol. The Morgan fingerprint density at radius 2 is 2.00 bits per heavy atom. The molecule has 110 valence electrons. The number of carbonyl (C=O) groups is 2. The van der Waals surface area contributed by atoms with E-state index in [0.29, 0.717) is 0 Å². The number of hydrogen-bond donors (Lipinski definition) is 4. The molecule has 0 bridgehead atoms. The molecule has 0 spiro atoms. The maximum atomic E-state index is 11.4. The molecule has 0 saturated carbocycles. The molecule has 0 aromatic rings. The van der Waals surface area contributed by atoms with Crippen molar-refractivity contribution in [2.75, 3.05) is 32.6 Å². The maximum absolute atomic E-state index is 11.4. The predicted molar refractivity (Wildman–Crippen MR) is 65.1 cm³/mol. The van der Waals surface area contributed by atoms with Gasteiger partial charge in [0.05, 0.1) is 25.5 Å². The standard InChI is InChI=1S/C9H17N3O6S/c1-19(16,17)11-3-2-10-9(15)12-7-5-18-4-6(7)8(13)14/h6-7,11H,2-5H2,1H3,(H,13,14)(H2,10,12,15). The van der Waals surface area contributed by atoms with Crippen molar-refractivity contribution in [1.82, 2.24) is 15.4 Å². The summed E-state index contributed by atoms with van der Waals surface area (Å²) in [5.41, 5.74) is 0. The highest BCUT2D eigenvalue weighted by Crippen LogP contribution is 2.13. The second-order valence-electron chi connectivity index (χ2n) is 4.16. The predicted octanol–water partition coefficient (Wildman–Crippen LogP) is -2.07. The number of aliphatic carboxylic acids is 1. The second kappa shape index (κ2) is 6.68. The molecule has 19 heavy (non-hydrogen) atoms. The van der Waals surface area contributed by atoms with Gasteiger partial charge in [-0.25, -0.2) is 17.9 Å². The molecule has 2 unspecified atom stereocenters. The number of carboxylic acid groups (broad SMARTS) is 1. The van der Waals surface area contributed by atoms with Gasteiger partial charge >= 0.3 is 12.0 Å². The molecular weight excluding hydrogens is 278 g/mol. The molecule has 0 aromatic carbocycles. The molecule has 9 nitrogen and oxygen atoms in total. The Balaban J connectivity index is 2.26. The van der Waals surface area contributed by atoms with Crippen LogP contribution in [0.2, 0.25) is 0 Å². The largest absolute Gasteiger partial charge is 0.481 e. The number of hydrogen-bond acceptors (Lipinski definition) is 5. The number of ether oxygens (including phenoxy) is 1. The van der Waals surface area contributed by atoms with Gasteiger partial charge in [0.25, 0.3) is 0 Å². The lowest BCUT2D eigenvalue weighted by atomic mass is 10.0. The Morgan fingerprint density at radius 3 is 2.58 bits per heavy atom. The highest BCUT2D eigenvalue weighted by Gasteiger charge is 2.34. The second-order valence-corrected chi connectivity index (χ2v) is 5.99. The van der Waals surface area contributed by atoms with E-state index in [1.807, 2.05) is 0 Å². The zero-order valence-corrected chi connectivity index (χ0v) is 11.2. The number of carbonyl (C=O) groups excluding carboxylic acids is 1. The zero-order chi connectivity index (χ0) is 14.5. The lowest BCUT2D eigenvalue weighted by molar-refractivity contribution is -0.142. The smallest absolute Gasteiger partial charge is 0.315 e. The fourth-order valence-corrected chi connectivity index (χ4v) is 2.04. The molecule has 0 radical (unpaired) electrons. The van der Waals surface area contributed by atoms with Gasteiger partial charge in [-0.1, -0.05) is 0 Å². The van der Waals surface area contributed by atoms with E-state index in [-0.39, 0.29) is 26.3 Å². The first kappa shape index (κ1) is 15.7. The van der Waals surface area contributed by atoms with Crippen molar-refractivity contribution in [3.8, 4) is 0 Å². The number of nitrogens with one attached hydrogen (secondary N) is 3. The van der Waals surface area contributed by atoms with Gasteiger partial charge in [0.15, 0.2) is 0 Å². The summed E-state index contributed by atoms with van der Waals surface area (Å²) in [7, 11) is -3.28. The Hall–Kier alpha value is -1.39. The number of urea groups is 1. The first-order valence-corrected chi connectivity index (χ1v) is 7.48. The zero-order valence-electron chi connectivity index (χ0n) is 10.4. The van der Waals surface area contributed by atoms with E-state index < -0.39 is 34.0 Å². The normalized spacial score (nSPS) is 23.0. The van der Waals surface area contributed by atoms with Crippen molar-refractivity contribution >= 4 is 22.0 Å². The van der Waals surface area contributed by atoms with Crippen LogP contribution in [0.4, 0.5) is 4.79 Å². The quantitative estimate of drug-likeness (QED) is 0.416. The summed E-state index contributed by atoms with van der Waals surface area (Å²) in [5, 5.41) is 13.8. The molecule has 0 aromatic heterocycles. The van der Waals surface area contributed by atoms with Crippen LogP contribution >= 0.6 is 0 Å². The summed E-state index contributed by atoms with van der Waals surface area (Å²) < 4.78 is 28.7. The van der Waals surface area contributed by atoms with Gasteiger partial charge in [-0.3, -0.25) is 4.79 Å². The molecule has 0 aliphatic carbocycles. The van der Waals surface area contributed by atoms with Gasteiger partial charge in [-0.05, 0) is 0 Å². The van der Waals surface area contributed by atoms with Crippen LogP contribution in [0.5, 0.6) is 0 Å². The van der Waals surface area contributed by atoms with Gasteiger partial charge in [0.2, 0.25) is 10.0 Å². The van der Waals surface area contributed by atoms with Crippen molar-refractivity contribution in [1.29, 1.82) is 0 Å². The maximum Gasteiger partial charge on any atom is 0.315 e. The Kier molecular flexibility index (Phi) is 5.51. The summed E-state index contributed by atoms with van der Waals surface area (Å²) >= 11 is 0. The van der Waals surface area contributed by atoms with Crippen molar-refractivity contribution in [2.45, 2.75) is 6.04 Å². The van der Waals surface area contributed by atoms with Crippen molar-refractivity contribution in [3.63, 3.8) is 0 Å². The van der Waals surface area contributed by atoms with E-state index in [0.717, 1.165) is 6.26 Å². The molecular formula is C9H17N3O6S. The van der Waals surface area contributed by atoms with Crippen LogP contribution in [-0.2, 0) is 19.6 Å². The van der Waals surface area contributed by atoms with E-state index in [1.54, 1.807) is 0 Å². The van der Waals surface area contributed by atoms with Crippen LogP contribution in [0, 0.1) is 5.92 Å². The Morgan fingerprint density at radius 1 is 1.32 bits per heavy atom. The summed E-state index contributed by atoms with van der Waals surface area (Å²) in [6.45, 7) is 0.377. The summed E-state index contributed by atoms with van der Waals surface area (Å²) in [5.74, 6) is -1.79. The first-order valence-electron chi connectivity index (χ1n) is 5.59. The van der Waals surface area contributed by atoms with Crippen molar-refractivity contribution in [2.24, 2.45) is 5.92 Å². The van der Waals surface area contributed by atoms with E-state index in [2.05, 4.69) is 15.4 Å². The van der Waals surface area contributed by atoms with E-state index in [4.69, 9.17) is 9.84 Å². The topological polar surface area (TPSA) is 134 Å². The third-order valence-electron chi connectivity index (χ3n) is 2.49.